The summed E-state index contributed by atoms with van der Waals surface area (Å²) in [5.74, 6) is -0.707. The zero-order chi connectivity index (χ0) is 15.7. The van der Waals surface area contributed by atoms with Crippen LogP contribution < -0.4 is 10.6 Å². The van der Waals surface area contributed by atoms with Gasteiger partial charge in [0.1, 0.15) is 6.61 Å². The molecule has 1 aliphatic carbocycles. The minimum absolute atomic E-state index is 0.0460. The number of rotatable bonds is 6. The lowest BCUT2D eigenvalue weighted by molar-refractivity contribution is -0.148. The first kappa shape index (κ1) is 17.4. The Bertz CT molecular complexity index is 364. The van der Waals surface area contributed by atoms with Crippen LogP contribution in [0.15, 0.2) is 0 Å². The predicted octanol–water partition coefficient (Wildman–Crippen LogP) is 0.971. The Labute approximate surface area is 124 Å². The van der Waals surface area contributed by atoms with Crippen LogP contribution in [0.3, 0.4) is 0 Å². The number of ether oxygens (including phenoxy) is 2. The van der Waals surface area contributed by atoms with Crippen LogP contribution in [0.25, 0.3) is 0 Å². The van der Waals surface area contributed by atoms with E-state index in [1.165, 1.54) is 7.11 Å². The molecule has 3 amide bonds. The lowest BCUT2D eigenvalue weighted by Gasteiger charge is -2.26. The fourth-order valence-corrected chi connectivity index (χ4v) is 2.27. The number of imide groups is 1. The second-order valence-corrected chi connectivity index (χ2v) is 5.11. The minimum atomic E-state index is -0.500. The summed E-state index contributed by atoms with van der Waals surface area (Å²) >= 11 is 0. The zero-order valence-corrected chi connectivity index (χ0v) is 12.6. The van der Waals surface area contributed by atoms with Crippen LogP contribution in [0, 0.1) is 5.92 Å². The molecule has 0 radical (unpaired) electrons. The summed E-state index contributed by atoms with van der Waals surface area (Å²) in [6, 6.07) is -0.500. The standard InChI is InChI=1S/C14H24N2O5/c1-3-8-15-14(19)16-12(17)9-21-11-6-4-10(5-7-11)13(18)20-2/h10-11H,3-9H2,1-2H3,(H2,15,16,17,19). The monoisotopic (exact) mass is 300 g/mol. The maximum absolute atomic E-state index is 11.5. The van der Waals surface area contributed by atoms with Gasteiger partial charge in [-0.2, -0.15) is 0 Å². The number of methoxy groups -OCH3 is 1. The predicted molar refractivity (Wildman–Crippen MR) is 75.5 cm³/mol. The molecule has 7 heteroatoms. The third kappa shape index (κ3) is 6.57. The second-order valence-electron chi connectivity index (χ2n) is 5.11. The number of urea groups is 1. The molecule has 0 spiro atoms. The van der Waals surface area contributed by atoms with E-state index in [0.29, 0.717) is 19.4 Å². The van der Waals surface area contributed by atoms with Gasteiger partial charge in [-0.15, -0.1) is 0 Å². The Morgan fingerprint density at radius 2 is 1.81 bits per heavy atom. The van der Waals surface area contributed by atoms with Crippen LogP contribution >= 0.6 is 0 Å². The van der Waals surface area contributed by atoms with E-state index < -0.39 is 11.9 Å². The Morgan fingerprint density at radius 1 is 1.14 bits per heavy atom. The topological polar surface area (TPSA) is 93.7 Å². The lowest BCUT2D eigenvalue weighted by atomic mass is 9.87. The summed E-state index contributed by atoms with van der Waals surface area (Å²) in [6.45, 7) is 2.31. The second kappa shape index (κ2) is 9.33. The Morgan fingerprint density at radius 3 is 2.38 bits per heavy atom. The molecule has 21 heavy (non-hydrogen) atoms. The van der Waals surface area contributed by atoms with Gasteiger partial charge in [0.15, 0.2) is 0 Å². The summed E-state index contributed by atoms with van der Waals surface area (Å²) in [5.41, 5.74) is 0. The minimum Gasteiger partial charge on any atom is -0.469 e. The summed E-state index contributed by atoms with van der Waals surface area (Å²) in [6.07, 6.45) is 3.60. The van der Waals surface area contributed by atoms with Crippen molar-refractivity contribution in [2.45, 2.75) is 45.1 Å². The van der Waals surface area contributed by atoms with Crippen molar-refractivity contribution in [2.75, 3.05) is 20.3 Å². The van der Waals surface area contributed by atoms with Crippen molar-refractivity contribution in [3.8, 4) is 0 Å². The van der Waals surface area contributed by atoms with Gasteiger partial charge in [-0.1, -0.05) is 6.92 Å². The van der Waals surface area contributed by atoms with Gasteiger partial charge in [-0.3, -0.25) is 14.9 Å². The van der Waals surface area contributed by atoms with Crippen LogP contribution in [0.2, 0.25) is 0 Å². The zero-order valence-electron chi connectivity index (χ0n) is 12.6. The van der Waals surface area contributed by atoms with Crippen molar-refractivity contribution < 1.29 is 23.9 Å². The first-order valence-electron chi connectivity index (χ1n) is 7.34. The van der Waals surface area contributed by atoms with Gasteiger partial charge in [-0.05, 0) is 32.1 Å². The Kier molecular flexibility index (Phi) is 7.74. The van der Waals surface area contributed by atoms with Gasteiger partial charge in [0, 0.05) is 6.54 Å². The van der Waals surface area contributed by atoms with Crippen LogP contribution in [0.5, 0.6) is 0 Å². The van der Waals surface area contributed by atoms with Crippen molar-refractivity contribution >= 4 is 17.9 Å². The summed E-state index contributed by atoms with van der Waals surface area (Å²) in [7, 11) is 1.39. The molecule has 1 rings (SSSR count). The van der Waals surface area contributed by atoms with Crippen LogP contribution in [-0.4, -0.2) is 44.3 Å². The van der Waals surface area contributed by atoms with Crippen LogP contribution in [-0.2, 0) is 19.1 Å². The van der Waals surface area contributed by atoms with Crippen molar-refractivity contribution in [2.24, 2.45) is 5.92 Å². The number of carbonyl (C=O) groups is 3. The Balaban J connectivity index is 2.17. The van der Waals surface area contributed by atoms with Gasteiger partial charge in [0.05, 0.1) is 19.1 Å². The van der Waals surface area contributed by atoms with Crippen molar-refractivity contribution in [1.29, 1.82) is 0 Å². The van der Waals surface area contributed by atoms with E-state index in [2.05, 4.69) is 10.6 Å². The number of hydrogen-bond donors (Lipinski definition) is 2. The van der Waals surface area contributed by atoms with E-state index in [9.17, 15) is 14.4 Å². The molecule has 2 N–H and O–H groups in total. The third-order valence-corrected chi connectivity index (χ3v) is 3.45. The normalized spacial score (nSPS) is 21.4. The molecule has 0 aromatic heterocycles. The van der Waals surface area contributed by atoms with E-state index in [4.69, 9.17) is 9.47 Å². The molecule has 0 aromatic carbocycles. The number of esters is 1. The molecule has 0 aromatic rings. The molecule has 1 aliphatic rings. The van der Waals surface area contributed by atoms with Crippen LogP contribution in [0.4, 0.5) is 4.79 Å². The molecular weight excluding hydrogens is 276 g/mol. The van der Waals surface area contributed by atoms with Crippen LogP contribution in [0.1, 0.15) is 39.0 Å². The lowest BCUT2D eigenvalue weighted by Crippen LogP contribution is -2.42. The third-order valence-electron chi connectivity index (χ3n) is 3.45. The number of amides is 3. The van der Waals surface area contributed by atoms with Crippen molar-refractivity contribution in [1.82, 2.24) is 10.6 Å². The van der Waals surface area contributed by atoms with E-state index in [0.717, 1.165) is 19.3 Å². The van der Waals surface area contributed by atoms with E-state index >= 15 is 0 Å². The molecular formula is C14H24N2O5. The smallest absolute Gasteiger partial charge is 0.321 e. The van der Waals surface area contributed by atoms with E-state index in [1.807, 2.05) is 6.92 Å². The molecule has 1 fully saturated rings. The fraction of sp³-hybridized carbons (Fsp3) is 0.786. The SMILES string of the molecule is CCCNC(=O)NC(=O)COC1CCC(C(=O)OC)CC1. The highest BCUT2D eigenvalue weighted by molar-refractivity contribution is 5.94. The molecule has 1 saturated carbocycles. The fourth-order valence-electron chi connectivity index (χ4n) is 2.27. The average Bonchev–Trinajstić information content (AvgIpc) is 2.50. The number of hydrogen-bond acceptors (Lipinski definition) is 5. The largest absolute Gasteiger partial charge is 0.469 e. The highest BCUT2D eigenvalue weighted by Crippen LogP contribution is 2.26. The van der Waals surface area contributed by atoms with E-state index in [-0.39, 0.29) is 24.6 Å². The van der Waals surface area contributed by atoms with E-state index in [1.54, 1.807) is 0 Å². The number of carbonyl (C=O) groups excluding carboxylic acids is 3. The molecule has 0 atom stereocenters. The average molecular weight is 300 g/mol. The van der Waals surface area contributed by atoms with Gasteiger partial charge in [0.2, 0.25) is 0 Å². The molecule has 0 heterocycles. The molecule has 0 unspecified atom stereocenters. The van der Waals surface area contributed by atoms with Crippen molar-refractivity contribution in [3.05, 3.63) is 0 Å². The summed E-state index contributed by atoms with van der Waals surface area (Å²) < 4.78 is 10.2. The summed E-state index contributed by atoms with van der Waals surface area (Å²) in [4.78, 5) is 34.1. The first-order chi connectivity index (χ1) is 10.1. The quantitative estimate of drug-likeness (QED) is 0.713. The van der Waals surface area contributed by atoms with Gasteiger partial charge in [0.25, 0.3) is 5.91 Å². The highest BCUT2D eigenvalue weighted by Gasteiger charge is 2.27. The summed E-state index contributed by atoms with van der Waals surface area (Å²) in [5, 5.41) is 4.75. The maximum atomic E-state index is 11.5. The van der Waals surface area contributed by atoms with Gasteiger partial charge < -0.3 is 14.8 Å². The molecule has 0 bridgehead atoms. The first-order valence-corrected chi connectivity index (χ1v) is 7.34. The van der Waals surface area contributed by atoms with Crippen molar-refractivity contribution in [3.63, 3.8) is 0 Å². The number of nitrogens with one attached hydrogen (secondary N) is 2. The molecule has 0 aliphatic heterocycles. The van der Waals surface area contributed by atoms with Gasteiger partial charge in [-0.25, -0.2) is 4.79 Å². The van der Waals surface area contributed by atoms with Gasteiger partial charge >= 0.3 is 12.0 Å². The Hall–Kier alpha value is -1.63. The molecule has 120 valence electrons. The highest BCUT2D eigenvalue weighted by atomic mass is 16.5. The molecule has 0 saturated heterocycles. The maximum Gasteiger partial charge on any atom is 0.321 e. The molecule has 7 nitrogen and oxygen atoms in total.